The van der Waals surface area contributed by atoms with Gasteiger partial charge in [-0.1, -0.05) is 24.3 Å². The second-order valence-electron chi connectivity index (χ2n) is 4.80. The van der Waals surface area contributed by atoms with Crippen molar-refractivity contribution < 1.29 is 19.3 Å². The highest BCUT2D eigenvalue weighted by molar-refractivity contribution is 5.93. The molecule has 4 heteroatoms. The summed E-state index contributed by atoms with van der Waals surface area (Å²) in [5.74, 6) is 1.68. The number of aliphatic hydroxyl groups excluding tert-OH is 1. The molecule has 20 heavy (non-hydrogen) atoms. The van der Waals surface area contributed by atoms with E-state index >= 15 is 0 Å². The van der Waals surface area contributed by atoms with E-state index in [0.29, 0.717) is 19.6 Å². The van der Waals surface area contributed by atoms with Crippen molar-refractivity contribution in [3.05, 3.63) is 36.4 Å². The normalized spacial score (nSPS) is 17.1. The van der Waals surface area contributed by atoms with Gasteiger partial charge in [-0.25, -0.2) is 0 Å². The fraction of sp³-hybridized carbons (Fsp3) is 0.375. The van der Waals surface area contributed by atoms with Crippen molar-refractivity contribution in [3.8, 4) is 11.5 Å². The standard InChI is InChI=1S/C16H18O4/c17-8-3-9-18-15-6-7-16(20-11-12-10-19-12)14-5-2-1-4-13(14)15/h1-2,4-7,12,17H,3,8-11H2. The number of hydrogen-bond donors (Lipinski definition) is 1. The molecule has 0 amide bonds. The van der Waals surface area contributed by atoms with E-state index in [-0.39, 0.29) is 12.7 Å². The zero-order valence-electron chi connectivity index (χ0n) is 11.2. The molecule has 1 unspecified atom stereocenters. The molecule has 0 spiro atoms. The smallest absolute Gasteiger partial charge is 0.127 e. The Kier molecular flexibility index (Phi) is 4.04. The third kappa shape index (κ3) is 3.03. The summed E-state index contributed by atoms with van der Waals surface area (Å²) < 4.78 is 16.7. The Balaban J connectivity index is 1.83. The molecule has 3 rings (SSSR count). The summed E-state index contributed by atoms with van der Waals surface area (Å²) in [7, 11) is 0. The van der Waals surface area contributed by atoms with Gasteiger partial charge in [0.1, 0.15) is 24.2 Å². The molecule has 1 fully saturated rings. The molecule has 1 heterocycles. The molecule has 4 nitrogen and oxygen atoms in total. The maximum Gasteiger partial charge on any atom is 0.127 e. The van der Waals surface area contributed by atoms with Gasteiger partial charge in [0, 0.05) is 23.8 Å². The third-order valence-corrected chi connectivity index (χ3v) is 3.23. The summed E-state index contributed by atoms with van der Waals surface area (Å²) in [6.45, 7) is 2.03. The molecule has 1 atom stereocenters. The molecule has 2 aromatic rings. The van der Waals surface area contributed by atoms with E-state index in [1.807, 2.05) is 36.4 Å². The minimum atomic E-state index is 0.139. The largest absolute Gasteiger partial charge is 0.493 e. The van der Waals surface area contributed by atoms with Crippen molar-refractivity contribution in [2.45, 2.75) is 12.5 Å². The Labute approximate surface area is 117 Å². The maximum atomic E-state index is 8.82. The van der Waals surface area contributed by atoms with E-state index in [9.17, 15) is 0 Å². The van der Waals surface area contributed by atoms with Gasteiger partial charge in [0.05, 0.1) is 13.2 Å². The first-order chi connectivity index (χ1) is 9.88. The van der Waals surface area contributed by atoms with Crippen LogP contribution in [0.3, 0.4) is 0 Å². The number of hydrogen-bond acceptors (Lipinski definition) is 4. The molecule has 1 aliphatic rings. The van der Waals surface area contributed by atoms with Gasteiger partial charge < -0.3 is 19.3 Å². The lowest BCUT2D eigenvalue weighted by atomic mass is 10.1. The summed E-state index contributed by atoms with van der Waals surface area (Å²) in [4.78, 5) is 0. The van der Waals surface area contributed by atoms with Gasteiger partial charge in [-0.3, -0.25) is 0 Å². The molecule has 0 bridgehead atoms. The zero-order chi connectivity index (χ0) is 13.8. The fourth-order valence-corrected chi connectivity index (χ4v) is 2.09. The number of fused-ring (bicyclic) bond motifs is 1. The number of benzene rings is 2. The van der Waals surface area contributed by atoms with Gasteiger partial charge in [0.15, 0.2) is 0 Å². The van der Waals surface area contributed by atoms with E-state index < -0.39 is 0 Å². The zero-order valence-corrected chi connectivity index (χ0v) is 11.2. The van der Waals surface area contributed by atoms with Crippen LogP contribution in [0, 0.1) is 0 Å². The lowest BCUT2D eigenvalue weighted by molar-refractivity contribution is 0.234. The van der Waals surface area contributed by atoms with Crippen LogP contribution in [0.5, 0.6) is 11.5 Å². The molecule has 0 aromatic heterocycles. The maximum absolute atomic E-state index is 8.82. The van der Waals surface area contributed by atoms with Gasteiger partial charge in [-0.05, 0) is 12.1 Å². The Morgan fingerprint density at radius 3 is 2.30 bits per heavy atom. The van der Waals surface area contributed by atoms with Crippen LogP contribution < -0.4 is 9.47 Å². The highest BCUT2D eigenvalue weighted by Crippen LogP contribution is 2.33. The number of rotatable bonds is 7. The van der Waals surface area contributed by atoms with Gasteiger partial charge in [0.2, 0.25) is 0 Å². The van der Waals surface area contributed by atoms with Crippen LogP contribution >= 0.6 is 0 Å². The van der Waals surface area contributed by atoms with Crippen LogP contribution in [0.4, 0.5) is 0 Å². The quantitative estimate of drug-likeness (QED) is 0.622. The average molecular weight is 274 g/mol. The van der Waals surface area contributed by atoms with Crippen LogP contribution in [0.25, 0.3) is 10.8 Å². The summed E-state index contributed by atoms with van der Waals surface area (Å²) in [5, 5.41) is 10.9. The predicted molar refractivity (Wildman–Crippen MR) is 76.4 cm³/mol. The van der Waals surface area contributed by atoms with Crippen LogP contribution in [-0.4, -0.2) is 37.6 Å². The molecule has 0 aliphatic carbocycles. The molecule has 0 radical (unpaired) electrons. The van der Waals surface area contributed by atoms with Crippen LogP contribution in [-0.2, 0) is 4.74 Å². The average Bonchev–Trinajstić information content (AvgIpc) is 3.30. The summed E-state index contributed by atoms with van der Waals surface area (Å²) in [6.07, 6.45) is 0.875. The van der Waals surface area contributed by atoms with Crippen LogP contribution in [0.15, 0.2) is 36.4 Å². The number of epoxide rings is 1. The minimum Gasteiger partial charge on any atom is -0.493 e. The first-order valence-corrected chi connectivity index (χ1v) is 6.88. The van der Waals surface area contributed by atoms with Crippen molar-refractivity contribution in [2.24, 2.45) is 0 Å². The Bertz CT molecular complexity index is 578. The molecule has 2 aromatic carbocycles. The first kappa shape index (κ1) is 13.2. The van der Waals surface area contributed by atoms with Crippen molar-refractivity contribution in [3.63, 3.8) is 0 Å². The lowest BCUT2D eigenvalue weighted by Gasteiger charge is -2.12. The fourth-order valence-electron chi connectivity index (χ4n) is 2.09. The lowest BCUT2D eigenvalue weighted by Crippen LogP contribution is -2.05. The van der Waals surface area contributed by atoms with E-state index in [4.69, 9.17) is 19.3 Å². The highest BCUT2D eigenvalue weighted by atomic mass is 16.6. The molecule has 1 N–H and O–H groups in total. The van der Waals surface area contributed by atoms with E-state index in [0.717, 1.165) is 28.9 Å². The monoisotopic (exact) mass is 274 g/mol. The Hall–Kier alpha value is -1.78. The van der Waals surface area contributed by atoms with Crippen molar-refractivity contribution >= 4 is 10.8 Å². The van der Waals surface area contributed by atoms with Crippen LogP contribution in [0.2, 0.25) is 0 Å². The minimum absolute atomic E-state index is 0.139. The molecular weight excluding hydrogens is 256 g/mol. The Morgan fingerprint density at radius 2 is 1.70 bits per heavy atom. The van der Waals surface area contributed by atoms with Gasteiger partial charge >= 0.3 is 0 Å². The second-order valence-corrected chi connectivity index (χ2v) is 4.80. The summed E-state index contributed by atoms with van der Waals surface area (Å²) in [5.41, 5.74) is 0. The number of aliphatic hydroxyl groups is 1. The van der Waals surface area contributed by atoms with Crippen molar-refractivity contribution in [1.29, 1.82) is 0 Å². The van der Waals surface area contributed by atoms with E-state index in [1.165, 1.54) is 0 Å². The number of ether oxygens (including phenoxy) is 3. The van der Waals surface area contributed by atoms with Crippen molar-refractivity contribution in [2.75, 3.05) is 26.4 Å². The topological polar surface area (TPSA) is 51.2 Å². The molecule has 1 saturated heterocycles. The molecule has 106 valence electrons. The predicted octanol–water partition coefficient (Wildman–Crippen LogP) is 2.38. The molecular formula is C16H18O4. The Morgan fingerprint density at radius 1 is 1.05 bits per heavy atom. The van der Waals surface area contributed by atoms with E-state index in [1.54, 1.807) is 0 Å². The van der Waals surface area contributed by atoms with Crippen molar-refractivity contribution in [1.82, 2.24) is 0 Å². The van der Waals surface area contributed by atoms with Crippen LogP contribution in [0.1, 0.15) is 6.42 Å². The second kappa shape index (κ2) is 6.11. The van der Waals surface area contributed by atoms with E-state index in [2.05, 4.69) is 0 Å². The highest BCUT2D eigenvalue weighted by Gasteiger charge is 2.23. The van der Waals surface area contributed by atoms with Gasteiger partial charge in [-0.2, -0.15) is 0 Å². The third-order valence-electron chi connectivity index (χ3n) is 3.23. The SMILES string of the molecule is OCCCOc1ccc(OCC2CO2)c2ccccc12. The summed E-state index contributed by atoms with van der Waals surface area (Å²) >= 11 is 0. The first-order valence-electron chi connectivity index (χ1n) is 6.88. The summed E-state index contributed by atoms with van der Waals surface area (Å²) in [6, 6.07) is 11.9. The molecule has 0 saturated carbocycles. The van der Waals surface area contributed by atoms with Gasteiger partial charge in [-0.15, -0.1) is 0 Å². The molecule has 1 aliphatic heterocycles. The van der Waals surface area contributed by atoms with Gasteiger partial charge in [0.25, 0.3) is 0 Å².